The van der Waals surface area contributed by atoms with Gasteiger partial charge in [0, 0.05) is 16.8 Å². The van der Waals surface area contributed by atoms with Crippen molar-refractivity contribution in [3.8, 4) is 0 Å². The molecule has 0 heterocycles. The van der Waals surface area contributed by atoms with Gasteiger partial charge in [-0.3, -0.25) is 9.11 Å². The molecule has 9 heavy (non-hydrogen) atoms. The van der Waals surface area contributed by atoms with Crippen LogP contribution in [0.25, 0.3) is 0 Å². The van der Waals surface area contributed by atoms with Gasteiger partial charge in [-0.25, -0.2) is 4.21 Å². The van der Waals surface area contributed by atoms with Gasteiger partial charge in [0.05, 0.1) is 0 Å². The van der Waals surface area contributed by atoms with E-state index in [0.29, 0.717) is 0 Å². The van der Waals surface area contributed by atoms with Crippen molar-refractivity contribution >= 4 is 19.3 Å². The molecule has 1 atom stereocenters. The molecule has 0 aromatic carbocycles. The van der Waals surface area contributed by atoms with E-state index in [9.17, 15) is 12.6 Å². The van der Waals surface area contributed by atoms with E-state index in [1.165, 1.54) is 0 Å². The Morgan fingerprint density at radius 2 is 1.56 bits per heavy atom. The van der Waals surface area contributed by atoms with Crippen molar-refractivity contribution in [1.29, 1.82) is 0 Å². The fourth-order valence-corrected chi connectivity index (χ4v) is 0. The smallest absolute Gasteiger partial charge is 1.00 e. The summed E-state index contributed by atoms with van der Waals surface area (Å²) < 4.78 is 43.0. The van der Waals surface area contributed by atoms with Gasteiger partial charge in [0.25, 0.3) is 0 Å². The topological polar surface area (TPSA) is 91.7 Å². The molecule has 0 amide bonds. The Kier molecular flexibility index (Phi) is 11.7. The second kappa shape index (κ2) is 6.25. The molecule has 9 heteroatoms. The Balaban J connectivity index is -0.0000000600. The first-order valence-electron chi connectivity index (χ1n) is 1.03. The summed E-state index contributed by atoms with van der Waals surface area (Å²) in [7, 11) is -7.87. The number of rotatable bonds is 1. The molecule has 0 rings (SSSR count). The quantitative estimate of drug-likeness (QED) is 0.208. The zero-order chi connectivity index (χ0) is 6.08. The number of hydrogen-bond donors (Lipinski definition) is 2. The second-order valence-electron chi connectivity index (χ2n) is 0.645. The van der Waals surface area contributed by atoms with E-state index in [2.05, 4.69) is 0 Å². The molecule has 1 unspecified atom stereocenters. The summed E-state index contributed by atoms with van der Waals surface area (Å²) in [4.78, 5) is 0. The van der Waals surface area contributed by atoms with E-state index in [1.807, 2.05) is 0 Å². The zero-order valence-corrected chi connectivity index (χ0v) is 8.94. The molecule has 2 N–H and O–H groups in total. The van der Waals surface area contributed by atoms with Crippen LogP contribution in [0.1, 0.15) is 1.43 Å². The van der Waals surface area contributed by atoms with Gasteiger partial charge in [-0.05, 0) is 0 Å². The fourth-order valence-electron chi connectivity index (χ4n) is 0. The van der Waals surface area contributed by atoms with E-state index in [1.54, 1.807) is 0 Å². The third kappa shape index (κ3) is 9.53. The van der Waals surface area contributed by atoms with E-state index in [-0.39, 0.29) is 47.8 Å². The Labute approximate surface area is 88.0 Å². The van der Waals surface area contributed by atoms with Gasteiger partial charge < -0.3 is 1.43 Å². The van der Waals surface area contributed by atoms with Crippen molar-refractivity contribution in [1.82, 2.24) is 0 Å². The largest absolute Gasteiger partial charge is 1.00 e. The molecule has 0 bridgehead atoms. The summed E-state index contributed by atoms with van der Waals surface area (Å²) in [6, 6.07) is 0. The van der Waals surface area contributed by atoms with E-state index in [0.717, 1.165) is 0 Å². The van der Waals surface area contributed by atoms with Gasteiger partial charge in [-0.15, -0.1) is 0 Å². The van der Waals surface area contributed by atoms with Gasteiger partial charge in [0.1, 0.15) is 0 Å². The average Bonchev–Trinajstić information content (AvgIpc) is 1.31. The van der Waals surface area contributed by atoms with E-state index < -0.39 is 19.3 Å². The summed E-state index contributed by atoms with van der Waals surface area (Å²) in [5, 5.41) is 0. The van der Waals surface area contributed by atoms with Crippen LogP contribution in [-0.2, 0) is 36.0 Å². The Morgan fingerprint density at radius 1 is 1.44 bits per heavy atom. The van der Waals surface area contributed by atoms with Gasteiger partial charge >= 0.3 is 48.8 Å². The molecule has 0 saturated heterocycles. The van der Waals surface area contributed by atoms with Gasteiger partial charge in [0.2, 0.25) is 0 Å². The average molecular weight is 229 g/mol. The molecule has 0 aliphatic heterocycles. The normalized spacial score (nSPS) is 12.7. The van der Waals surface area contributed by atoms with Crippen LogP contribution in [-0.4, -0.2) is 21.7 Å². The van der Waals surface area contributed by atoms with Gasteiger partial charge in [0.15, 0.2) is 0 Å². The minimum atomic E-state index is -4.71. The maximum absolute atomic E-state index is 9.34. The predicted molar refractivity (Wildman–Crippen MR) is 23.4 cm³/mol. The van der Waals surface area contributed by atoms with Crippen LogP contribution in [0.2, 0.25) is 0 Å². The summed E-state index contributed by atoms with van der Waals surface area (Å²) in [6.07, 6.45) is 0. The van der Waals surface area contributed by atoms with E-state index >= 15 is 0 Å². The Morgan fingerprint density at radius 3 is 1.56 bits per heavy atom. The fraction of sp³-hybridized carbons (Fsp3) is 0. The van der Waals surface area contributed by atoms with Crippen LogP contribution in [0.15, 0.2) is 0 Å². The standard InChI is InChI=1S/Co.Na.H2O5S2.H/c;;1-6(2)7(3,4)5;/h;;(H,1,2)(H,3,4,5);/q;+1;;-1. The molecule has 0 aliphatic rings. The van der Waals surface area contributed by atoms with Crippen molar-refractivity contribution in [2.75, 3.05) is 0 Å². The molecular weight excluding hydrogens is 226 g/mol. The van der Waals surface area contributed by atoms with Crippen LogP contribution in [0.5, 0.6) is 0 Å². The molecule has 0 aromatic heterocycles. The van der Waals surface area contributed by atoms with Gasteiger partial charge in [-0.1, -0.05) is 0 Å². The summed E-state index contributed by atoms with van der Waals surface area (Å²) in [5.41, 5.74) is 0. The third-order valence-electron chi connectivity index (χ3n) is 0.180. The predicted octanol–water partition coefficient (Wildman–Crippen LogP) is -3.88. The first-order valence-corrected chi connectivity index (χ1v) is 4.10. The SMILES string of the molecule is O=S(O)S(=O)(=O)O.[Co].[H-].[Na+]. The van der Waals surface area contributed by atoms with Crippen molar-refractivity contribution in [2.45, 2.75) is 0 Å². The molecule has 1 radical (unpaired) electrons. The van der Waals surface area contributed by atoms with Crippen LogP contribution in [0.4, 0.5) is 0 Å². The first kappa shape index (κ1) is 16.9. The molecule has 5 nitrogen and oxygen atoms in total. The monoisotopic (exact) mass is 229 g/mol. The molecule has 0 fully saturated rings. The Bertz CT molecular complexity index is 174. The summed E-state index contributed by atoms with van der Waals surface area (Å²) >= 11 is 0. The van der Waals surface area contributed by atoms with Crippen molar-refractivity contribution in [3.05, 3.63) is 0 Å². The molecule has 0 saturated carbocycles. The van der Waals surface area contributed by atoms with Crippen LogP contribution in [0, 0.1) is 0 Å². The maximum Gasteiger partial charge on any atom is 1.00 e. The van der Waals surface area contributed by atoms with Crippen molar-refractivity contribution < 1.29 is 69.5 Å². The zero-order valence-electron chi connectivity index (χ0n) is 5.27. The molecule has 0 aliphatic carbocycles. The Hall–Kier alpha value is 1.53. The third-order valence-corrected chi connectivity index (χ3v) is 1.62. The van der Waals surface area contributed by atoms with Crippen LogP contribution >= 0.6 is 0 Å². The molecule has 55 valence electrons. The first-order chi connectivity index (χ1) is 2.94. The minimum Gasteiger partial charge on any atom is -1.00 e. The summed E-state index contributed by atoms with van der Waals surface area (Å²) in [6.45, 7) is 0. The summed E-state index contributed by atoms with van der Waals surface area (Å²) in [5.74, 6) is 0. The minimum absolute atomic E-state index is 0. The maximum atomic E-state index is 9.34. The van der Waals surface area contributed by atoms with Crippen LogP contribution < -0.4 is 29.6 Å². The molecule has 0 aromatic rings. The number of hydrogen-bond acceptors (Lipinski definition) is 3. The van der Waals surface area contributed by atoms with Crippen LogP contribution in [0.3, 0.4) is 0 Å². The van der Waals surface area contributed by atoms with Crippen molar-refractivity contribution in [2.24, 2.45) is 0 Å². The van der Waals surface area contributed by atoms with Crippen molar-refractivity contribution in [3.63, 3.8) is 0 Å². The van der Waals surface area contributed by atoms with E-state index in [4.69, 9.17) is 9.11 Å². The second-order valence-corrected chi connectivity index (χ2v) is 4.05. The molecule has 0 spiro atoms. The molecular formula is H3CoNaO5S2. The van der Waals surface area contributed by atoms with Gasteiger partial charge in [-0.2, -0.15) is 8.42 Å².